The van der Waals surface area contributed by atoms with Gasteiger partial charge in [-0.05, 0) is 101 Å². The maximum Gasteiger partial charge on any atom is 0.263 e. The highest BCUT2D eigenvalue weighted by Crippen LogP contribution is 2.56. The summed E-state index contributed by atoms with van der Waals surface area (Å²) in [4.78, 5) is 27.2. The van der Waals surface area contributed by atoms with Crippen LogP contribution in [0.1, 0.15) is 64.6 Å². The molecule has 2 atom stereocenters. The molecular weight excluding hydrogens is 547 g/mol. The first-order valence-electron chi connectivity index (χ1n) is 13.7. The second-order valence-electron chi connectivity index (χ2n) is 11.9. The van der Waals surface area contributed by atoms with Crippen LogP contribution in [0.3, 0.4) is 0 Å². The number of hydrogen-bond acceptors (Lipinski definition) is 5. The molecule has 5 nitrogen and oxygen atoms in total. The zero-order chi connectivity index (χ0) is 28.2. The van der Waals surface area contributed by atoms with Crippen molar-refractivity contribution in [2.75, 3.05) is 14.1 Å². The Balaban J connectivity index is 1.58. The van der Waals surface area contributed by atoms with Gasteiger partial charge in [-0.15, -0.1) is 0 Å². The molecule has 8 heteroatoms. The van der Waals surface area contributed by atoms with E-state index in [4.69, 9.17) is 28.2 Å². The Kier molecular flexibility index (Phi) is 7.88. The minimum Gasteiger partial charge on any atom is -0.333 e. The van der Waals surface area contributed by atoms with Crippen molar-refractivity contribution in [3.05, 3.63) is 80.3 Å². The number of benzene rings is 2. The fourth-order valence-corrected chi connectivity index (χ4v) is 7.81. The molecule has 0 unspecified atom stereocenters. The number of rotatable bonds is 7. The minimum atomic E-state index is -0.569. The number of amides is 1. The van der Waals surface area contributed by atoms with E-state index >= 15 is 0 Å². The van der Waals surface area contributed by atoms with Crippen molar-refractivity contribution >= 4 is 46.0 Å². The molecule has 1 saturated carbocycles. The van der Waals surface area contributed by atoms with E-state index in [0.717, 1.165) is 39.7 Å². The Hall–Kier alpha value is -1.99. The van der Waals surface area contributed by atoms with Crippen molar-refractivity contribution in [2.24, 2.45) is 10.9 Å². The standard InChI is InChI=1S/C31H38Cl2N4OS/c1-18(2)26-27(29(38)36(19(3)4)25-16-24(17-25)35(6)7)39-30-34-31(5,21-10-14-23(33)15-11-21)28(37(26)30)20-8-12-22(32)13-9-20/h8-15,18-19,24-25,28H,16-17H2,1-7H3/t24-,25-,28-,31+/m1/s1. The van der Waals surface area contributed by atoms with Crippen LogP contribution in [-0.4, -0.2) is 58.0 Å². The molecule has 2 heterocycles. The Morgan fingerprint density at radius 2 is 1.54 bits per heavy atom. The van der Waals surface area contributed by atoms with Gasteiger partial charge < -0.3 is 14.7 Å². The fourth-order valence-electron chi connectivity index (χ4n) is 6.21. The summed E-state index contributed by atoms with van der Waals surface area (Å²) in [5, 5.41) is 2.27. The molecule has 0 N–H and O–H groups in total. The highest BCUT2D eigenvalue weighted by atomic mass is 35.5. The van der Waals surface area contributed by atoms with Gasteiger partial charge >= 0.3 is 0 Å². The molecule has 1 aliphatic carbocycles. The lowest BCUT2D eigenvalue weighted by Crippen LogP contribution is -2.56. The maximum absolute atomic E-state index is 14.3. The largest absolute Gasteiger partial charge is 0.333 e. The third kappa shape index (κ3) is 5.03. The van der Waals surface area contributed by atoms with Crippen molar-refractivity contribution in [1.29, 1.82) is 0 Å². The molecule has 0 bridgehead atoms. The minimum absolute atomic E-state index is 0.121. The summed E-state index contributed by atoms with van der Waals surface area (Å²) in [6, 6.07) is 16.8. The Morgan fingerprint density at radius 3 is 2.05 bits per heavy atom. The van der Waals surface area contributed by atoms with Gasteiger partial charge in [0.05, 0.1) is 6.04 Å². The molecule has 0 radical (unpaired) electrons. The van der Waals surface area contributed by atoms with Crippen LogP contribution in [0.15, 0.2) is 64.1 Å². The molecule has 208 valence electrons. The fraction of sp³-hybridized carbons (Fsp3) is 0.484. The van der Waals surface area contributed by atoms with E-state index in [2.05, 4.69) is 87.7 Å². The van der Waals surface area contributed by atoms with Gasteiger partial charge in [0.2, 0.25) is 0 Å². The Morgan fingerprint density at radius 1 is 0.974 bits per heavy atom. The smallest absolute Gasteiger partial charge is 0.263 e. The highest BCUT2D eigenvalue weighted by molar-refractivity contribution is 8.18. The second-order valence-corrected chi connectivity index (χ2v) is 13.7. The van der Waals surface area contributed by atoms with Crippen LogP contribution in [0.25, 0.3) is 0 Å². The van der Waals surface area contributed by atoms with E-state index in [1.807, 2.05) is 24.3 Å². The van der Waals surface area contributed by atoms with Crippen LogP contribution in [-0.2, 0) is 10.3 Å². The molecule has 2 aromatic rings. The highest BCUT2D eigenvalue weighted by Gasteiger charge is 2.54. The summed E-state index contributed by atoms with van der Waals surface area (Å²) in [7, 11) is 4.24. The van der Waals surface area contributed by atoms with Gasteiger partial charge in [-0.1, -0.05) is 61.3 Å². The van der Waals surface area contributed by atoms with Crippen molar-refractivity contribution in [1.82, 2.24) is 14.7 Å². The normalized spacial score (nSPS) is 26.4. The molecule has 1 amide bonds. The Labute approximate surface area is 247 Å². The van der Waals surface area contributed by atoms with Crippen molar-refractivity contribution in [3.63, 3.8) is 0 Å². The quantitative estimate of drug-likeness (QED) is 0.336. The van der Waals surface area contributed by atoms with Gasteiger partial charge in [-0.3, -0.25) is 4.79 Å². The van der Waals surface area contributed by atoms with Gasteiger partial charge in [0.25, 0.3) is 5.91 Å². The van der Waals surface area contributed by atoms with E-state index in [1.54, 1.807) is 0 Å². The molecule has 3 aliphatic rings. The number of carbonyl (C=O) groups excluding carboxylic acids is 1. The van der Waals surface area contributed by atoms with E-state index in [0.29, 0.717) is 16.1 Å². The van der Waals surface area contributed by atoms with Crippen molar-refractivity contribution < 1.29 is 4.79 Å². The lowest BCUT2D eigenvalue weighted by atomic mass is 9.81. The second kappa shape index (κ2) is 10.8. The molecule has 2 aliphatic heterocycles. The average molecular weight is 586 g/mol. The molecule has 1 fully saturated rings. The van der Waals surface area contributed by atoms with Crippen molar-refractivity contribution in [3.8, 4) is 0 Å². The van der Waals surface area contributed by atoms with E-state index in [-0.39, 0.29) is 30.0 Å². The number of thioether (sulfide) groups is 1. The average Bonchev–Trinajstić information content (AvgIpc) is 3.34. The third-order valence-electron chi connectivity index (χ3n) is 8.37. The first-order chi connectivity index (χ1) is 18.4. The lowest BCUT2D eigenvalue weighted by Gasteiger charge is -2.47. The predicted molar refractivity (Wildman–Crippen MR) is 164 cm³/mol. The van der Waals surface area contributed by atoms with Gasteiger partial charge in [-0.25, -0.2) is 4.99 Å². The van der Waals surface area contributed by atoms with Gasteiger partial charge in [0, 0.05) is 33.9 Å². The summed E-state index contributed by atoms with van der Waals surface area (Å²) in [6.45, 7) is 10.8. The monoisotopic (exact) mass is 584 g/mol. The molecule has 39 heavy (non-hydrogen) atoms. The third-order valence-corrected chi connectivity index (χ3v) is 9.93. The van der Waals surface area contributed by atoms with Crippen LogP contribution < -0.4 is 0 Å². The maximum atomic E-state index is 14.3. The molecule has 2 aromatic carbocycles. The number of hydrogen-bond donors (Lipinski definition) is 0. The first kappa shape index (κ1) is 28.5. The summed E-state index contributed by atoms with van der Waals surface area (Å²) in [5.41, 5.74) is 2.67. The van der Waals surface area contributed by atoms with Crippen LogP contribution in [0.5, 0.6) is 0 Å². The molecule has 0 aromatic heterocycles. The van der Waals surface area contributed by atoms with E-state index in [9.17, 15) is 4.79 Å². The summed E-state index contributed by atoms with van der Waals surface area (Å²) in [6.07, 6.45) is 2.02. The molecule has 0 saturated heterocycles. The predicted octanol–water partition coefficient (Wildman–Crippen LogP) is 7.57. The van der Waals surface area contributed by atoms with Crippen LogP contribution >= 0.6 is 35.0 Å². The summed E-state index contributed by atoms with van der Waals surface area (Å²) >= 11 is 14.1. The zero-order valence-corrected chi connectivity index (χ0v) is 26.1. The number of amidine groups is 1. The Bertz CT molecular complexity index is 1300. The number of halogens is 2. The lowest BCUT2D eigenvalue weighted by molar-refractivity contribution is -0.134. The van der Waals surface area contributed by atoms with Crippen LogP contribution in [0, 0.1) is 5.92 Å². The number of allylic oxidation sites excluding steroid dienone is 1. The summed E-state index contributed by atoms with van der Waals surface area (Å²) < 4.78 is 0. The topological polar surface area (TPSA) is 39.2 Å². The number of carbonyl (C=O) groups is 1. The first-order valence-corrected chi connectivity index (χ1v) is 15.3. The van der Waals surface area contributed by atoms with Crippen molar-refractivity contribution in [2.45, 2.75) is 77.2 Å². The SMILES string of the molecule is CC(C)C1=C(C(=O)N(C(C)C)[C@H]2C[C@H](N(C)C)C2)SC2=N[C@@](C)(c3ccc(Cl)cc3)[C@@H](c3ccc(Cl)cc3)N21. The number of nitrogens with zero attached hydrogens (tertiary/aromatic N) is 4. The number of aliphatic imine (C=N–C) groups is 1. The van der Waals surface area contributed by atoms with Gasteiger partial charge in [0.15, 0.2) is 5.17 Å². The van der Waals surface area contributed by atoms with Gasteiger partial charge in [0.1, 0.15) is 10.4 Å². The molecule has 0 spiro atoms. The number of fused-ring (bicyclic) bond motifs is 1. The van der Waals surface area contributed by atoms with Crippen LogP contribution in [0.4, 0.5) is 0 Å². The molecular formula is C31H38Cl2N4OS. The van der Waals surface area contributed by atoms with E-state index < -0.39 is 5.54 Å². The zero-order valence-electron chi connectivity index (χ0n) is 23.8. The molecule has 5 rings (SSSR count). The van der Waals surface area contributed by atoms with Gasteiger partial charge in [-0.2, -0.15) is 0 Å². The summed E-state index contributed by atoms with van der Waals surface area (Å²) in [5.74, 6) is 0.262. The van der Waals surface area contributed by atoms with Crippen LogP contribution in [0.2, 0.25) is 10.0 Å². The van der Waals surface area contributed by atoms with E-state index in [1.165, 1.54) is 11.8 Å².